The number of carbonyl (C=O) groups is 1. The number of hydrogen-bond acceptors (Lipinski definition) is 5. The van der Waals surface area contributed by atoms with Crippen molar-refractivity contribution in [3.8, 4) is 5.75 Å². The minimum Gasteiger partial charge on any atom is -0.407 e. The number of nitrogens with two attached hydrogens (primary N) is 1. The van der Waals surface area contributed by atoms with Crippen LogP contribution in [0.1, 0.15) is 40.9 Å². The summed E-state index contributed by atoms with van der Waals surface area (Å²) in [6.07, 6.45) is -5.62. The Kier molecular flexibility index (Phi) is 7.05. The number of ether oxygens (including phenoxy) is 1. The number of aromatic nitrogens is 2. The second kappa shape index (κ2) is 10.5. The van der Waals surface area contributed by atoms with E-state index in [-0.39, 0.29) is 36.2 Å². The molecule has 11 heteroatoms. The summed E-state index contributed by atoms with van der Waals surface area (Å²) in [5, 5.41) is 0. The largest absolute Gasteiger partial charge is 0.416 e. The van der Waals surface area contributed by atoms with Crippen molar-refractivity contribution in [3.63, 3.8) is 0 Å². The highest BCUT2D eigenvalue weighted by Crippen LogP contribution is 2.33. The smallest absolute Gasteiger partial charge is 0.407 e. The molecule has 1 aromatic heterocycles. The van der Waals surface area contributed by atoms with Gasteiger partial charge in [-0.05, 0) is 36.2 Å². The molecule has 1 amide bonds. The van der Waals surface area contributed by atoms with Crippen molar-refractivity contribution in [2.24, 2.45) is 0 Å². The molecule has 0 saturated carbocycles. The molecule has 1 atom stereocenters. The zero-order valence-corrected chi connectivity index (χ0v) is 21.2. The summed E-state index contributed by atoms with van der Waals surface area (Å²) in [4.78, 5) is 32.5. The summed E-state index contributed by atoms with van der Waals surface area (Å²) >= 11 is 0. The van der Waals surface area contributed by atoms with E-state index in [2.05, 4.69) is 4.98 Å². The Morgan fingerprint density at radius 2 is 1.62 bits per heavy atom. The minimum absolute atomic E-state index is 0.0573. The third-order valence-corrected chi connectivity index (χ3v) is 6.85. The lowest BCUT2D eigenvalue weighted by Gasteiger charge is -2.34. The van der Waals surface area contributed by atoms with E-state index in [1.165, 1.54) is 9.47 Å². The highest BCUT2D eigenvalue weighted by molar-refractivity contribution is 5.71. The fourth-order valence-corrected chi connectivity index (χ4v) is 4.86. The van der Waals surface area contributed by atoms with Gasteiger partial charge in [0.2, 0.25) is 5.95 Å². The van der Waals surface area contributed by atoms with Gasteiger partial charge in [0, 0.05) is 18.0 Å². The molecular weight excluding hydrogens is 528 g/mol. The number of alkyl halides is 3. The van der Waals surface area contributed by atoms with Crippen LogP contribution in [0.4, 0.5) is 28.3 Å². The normalized spacial score (nSPS) is 15.2. The maximum Gasteiger partial charge on any atom is 0.416 e. The summed E-state index contributed by atoms with van der Waals surface area (Å²) in [7, 11) is 0. The van der Waals surface area contributed by atoms with Crippen molar-refractivity contribution < 1.29 is 27.1 Å². The zero-order chi connectivity index (χ0) is 28.6. The van der Waals surface area contributed by atoms with Gasteiger partial charge in [0.25, 0.3) is 5.56 Å². The van der Waals surface area contributed by atoms with Crippen LogP contribution in [-0.2, 0) is 19.1 Å². The molecule has 3 aromatic carbocycles. The Bertz CT molecular complexity index is 1570. The van der Waals surface area contributed by atoms with Crippen molar-refractivity contribution in [2.75, 3.05) is 5.73 Å². The quantitative estimate of drug-likeness (QED) is 0.335. The summed E-state index contributed by atoms with van der Waals surface area (Å²) in [5.74, 6) is -2.03. The van der Waals surface area contributed by atoms with Crippen LogP contribution in [-0.4, -0.2) is 26.6 Å². The number of halogens is 4. The minimum atomic E-state index is -4.74. The van der Waals surface area contributed by atoms with E-state index in [1.807, 2.05) is 60.7 Å². The number of anilines is 1. The lowest BCUT2D eigenvalue weighted by atomic mass is 9.96. The molecule has 1 aliphatic rings. The number of nitrogen functional groups attached to an aromatic ring is 1. The van der Waals surface area contributed by atoms with Gasteiger partial charge in [-0.1, -0.05) is 60.7 Å². The Hall–Kier alpha value is -4.67. The fourth-order valence-electron chi connectivity index (χ4n) is 4.86. The van der Waals surface area contributed by atoms with Crippen LogP contribution in [0, 0.1) is 5.82 Å². The van der Waals surface area contributed by atoms with Crippen LogP contribution >= 0.6 is 0 Å². The molecule has 206 valence electrons. The van der Waals surface area contributed by atoms with Gasteiger partial charge in [0.15, 0.2) is 11.6 Å². The van der Waals surface area contributed by atoms with Crippen molar-refractivity contribution in [2.45, 2.75) is 38.1 Å². The molecular formula is C29H24F4N4O3. The van der Waals surface area contributed by atoms with E-state index >= 15 is 0 Å². The fraction of sp³-hybridized carbons (Fsp3) is 0.207. The molecule has 0 saturated heterocycles. The molecule has 0 spiro atoms. The lowest BCUT2D eigenvalue weighted by Crippen LogP contribution is -2.47. The van der Waals surface area contributed by atoms with E-state index in [4.69, 9.17) is 10.5 Å². The van der Waals surface area contributed by atoms with Gasteiger partial charge in [-0.3, -0.25) is 14.3 Å². The number of rotatable bonds is 4. The molecule has 2 N–H and O–H groups in total. The Labute approximate surface area is 226 Å². The summed E-state index contributed by atoms with van der Waals surface area (Å²) < 4.78 is 59.4. The average molecular weight is 553 g/mol. The first-order valence-corrected chi connectivity index (χ1v) is 12.4. The van der Waals surface area contributed by atoms with Gasteiger partial charge in [-0.15, -0.1) is 0 Å². The standard InChI is InChI=1S/C29H24F4N4O3/c1-17-14-21-23(16-36(17)28(39)40-24-13-12-20(15-22(24)30)29(31,32)33)35-27(34)37(26(21)38)25(18-8-4-2-5-9-18)19-10-6-3-7-11-19/h2-13,15,17,25H,14,16H2,1H3,(H2,34,35). The van der Waals surface area contributed by atoms with Gasteiger partial charge < -0.3 is 10.5 Å². The average Bonchev–Trinajstić information content (AvgIpc) is 2.92. The van der Waals surface area contributed by atoms with Crippen molar-refractivity contribution >= 4 is 12.0 Å². The van der Waals surface area contributed by atoms with Crippen molar-refractivity contribution in [3.05, 3.63) is 123 Å². The van der Waals surface area contributed by atoms with Crippen molar-refractivity contribution in [1.29, 1.82) is 0 Å². The third-order valence-electron chi connectivity index (χ3n) is 6.85. The summed E-state index contributed by atoms with van der Waals surface area (Å²) in [6, 6.07) is 19.3. The van der Waals surface area contributed by atoms with Crippen LogP contribution in [0.2, 0.25) is 0 Å². The first-order chi connectivity index (χ1) is 19.0. The first-order valence-electron chi connectivity index (χ1n) is 12.4. The predicted octanol–water partition coefficient (Wildman–Crippen LogP) is 5.57. The first kappa shape index (κ1) is 26.9. The second-order valence-electron chi connectivity index (χ2n) is 9.49. The predicted molar refractivity (Wildman–Crippen MR) is 139 cm³/mol. The maximum absolute atomic E-state index is 14.3. The van der Waals surface area contributed by atoms with E-state index < -0.39 is 41.5 Å². The molecule has 0 radical (unpaired) electrons. The van der Waals surface area contributed by atoms with Gasteiger partial charge in [0.1, 0.15) is 0 Å². The van der Waals surface area contributed by atoms with E-state index in [1.54, 1.807) is 6.92 Å². The number of nitrogens with zero attached hydrogens (tertiary/aromatic N) is 3. The highest BCUT2D eigenvalue weighted by atomic mass is 19.4. The molecule has 0 aliphatic carbocycles. The second-order valence-corrected chi connectivity index (χ2v) is 9.49. The SMILES string of the molecule is CC1Cc2c(nc(N)n(C(c3ccccc3)c3ccccc3)c2=O)CN1C(=O)Oc1ccc(C(F)(F)F)cc1F. The number of benzene rings is 3. The van der Waals surface area contributed by atoms with E-state index in [0.29, 0.717) is 11.6 Å². The molecule has 2 heterocycles. The molecule has 0 bridgehead atoms. The third kappa shape index (κ3) is 5.14. The van der Waals surface area contributed by atoms with Crippen molar-refractivity contribution in [1.82, 2.24) is 14.5 Å². The molecule has 40 heavy (non-hydrogen) atoms. The van der Waals surface area contributed by atoms with E-state index in [9.17, 15) is 27.2 Å². The highest BCUT2D eigenvalue weighted by Gasteiger charge is 2.35. The van der Waals surface area contributed by atoms with Crippen LogP contribution in [0.15, 0.2) is 83.7 Å². The van der Waals surface area contributed by atoms with Gasteiger partial charge in [-0.2, -0.15) is 13.2 Å². The topological polar surface area (TPSA) is 90.5 Å². The number of carbonyl (C=O) groups excluding carboxylic acids is 1. The van der Waals surface area contributed by atoms with E-state index in [0.717, 1.165) is 17.2 Å². The molecule has 7 nitrogen and oxygen atoms in total. The Balaban J connectivity index is 1.47. The van der Waals surface area contributed by atoms with Gasteiger partial charge in [0.05, 0.1) is 23.8 Å². The molecule has 5 rings (SSSR count). The lowest BCUT2D eigenvalue weighted by molar-refractivity contribution is -0.137. The maximum atomic E-state index is 14.3. The molecule has 1 unspecified atom stereocenters. The monoisotopic (exact) mass is 552 g/mol. The number of hydrogen-bond donors (Lipinski definition) is 1. The molecule has 4 aromatic rings. The summed E-state index contributed by atoms with van der Waals surface area (Å²) in [5.41, 5.74) is 7.09. The Morgan fingerprint density at radius 1 is 1.02 bits per heavy atom. The summed E-state index contributed by atoms with van der Waals surface area (Å²) in [6.45, 7) is 1.53. The number of fused-ring (bicyclic) bond motifs is 1. The molecule has 1 aliphatic heterocycles. The van der Waals surface area contributed by atoms with Crippen LogP contribution in [0.3, 0.4) is 0 Å². The van der Waals surface area contributed by atoms with Crippen LogP contribution in [0.5, 0.6) is 5.75 Å². The van der Waals surface area contributed by atoms with Gasteiger partial charge in [-0.25, -0.2) is 14.2 Å². The van der Waals surface area contributed by atoms with Crippen LogP contribution in [0.25, 0.3) is 0 Å². The Morgan fingerprint density at radius 3 is 2.17 bits per heavy atom. The van der Waals surface area contributed by atoms with Gasteiger partial charge >= 0.3 is 12.3 Å². The number of amides is 1. The zero-order valence-electron chi connectivity index (χ0n) is 21.2. The van der Waals surface area contributed by atoms with Crippen LogP contribution < -0.4 is 16.0 Å². The molecule has 0 fully saturated rings.